The third-order valence-electron chi connectivity index (χ3n) is 3.54. The fourth-order valence-electron chi connectivity index (χ4n) is 2.38. The molecule has 2 heterocycles. The van der Waals surface area contributed by atoms with Crippen LogP contribution in [0.25, 0.3) is 0 Å². The van der Waals surface area contributed by atoms with E-state index in [1.54, 1.807) is 6.92 Å². The lowest BCUT2D eigenvalue weighted by Gasteiger charge is -2.20. The number of nitrogens with one attached hydrogen (secondary N) is 1. The zero-order valence-corrected chi connectivity index (χ0v) is 12.9. The molecule has 1 aromatic rings. The zero-order chi connectivity index (χ0) is 14.2. The highest BCUT2D eigenvalue weighted by Crippen LogP contribution is 2.27. The van der Waals surface area contributed by atoms with Gasteiger partial charge in [0.05, 0.1) is 17.3 Å². The van der Waals surface area contributed by atoms with Crippen LogP contribution in [-0.2, 0) is 15.9 Å². The number of aryl methyl sites for hydroxylation is 1. The van der Waals surface area contributed by atoms with Crippen LogP contribution in [-0.4, -0.2) is 61.0 Å². The molecule has 0 bridgehead atoms. The summed E-state index contributed by atoms with van der Waals surface area (Å²) in [6, 6.07) is 0.265. The van der Waals surface area contributed by atoms with E-state index < -0.39 is 10.0 Å². The SMILES string of the molecule is Cc1[nH]nc(CCl)c1S(=O)(=O)N1CCC(N(C)C)C1. The number of H-pyrrole nitrogens is 1. The number of likely N-dealkylation sites (N-methyl/N-ethyl adjacent to an activating group) is 1. The topological polar surface area (TPSA) is 69.3 Å². The molecule has 1 fully saturated rings. The van der Waals surface area contributed by atoms with E-state index >= 15 is 0 Å². The lowest BCUT2D eigenvalue weighted by molar-refractivity contribution is 0.302. The lowest BCUT2D eigenvalue weighted by Crippen LogP contribution is -2.34. The predicted molar refractivity (Wildman–Crippen MR) is 73.7 cm³/mol. The summed E-state index contributed by atoms with van der Waals surface area (Å²) < 4.78 is 26.8. The van der Waals surface area contributed by atoms with Gasteiger partial charge >= 0.3 is 0 Å². The van der Waals surface area contributed by atoms with Gasteiger partial charge in [-0.3, -0.25) is 5.10 Å². The summed E-state index contributed by atoms with van der Waals surface area (Å²) in [5, 5.41) is 6.65. The van der Waals surface area contributed by atoms with Gasteiger partial charge in [0.25, 0.3) is 0 Å². The summed E-state index contributed by atoms with van der Waals surface area (Å²) in [5.41, 5.74) is 0.941. The number of rotatable bonds is 4. The minimum absolute atomic E-state index is 0.0872. The van der Waals surface area contributed by atoms with Gasteiger partial charge in [-0.15, -0.1) is 11.6 Å². The van der Waals surface area contributed by atoms with Crippen molar-refractivity contribution in [3.8, 4) is 0 Å². The van der Waals surface area contributed by atoms with Crippen molar-refractivity contribution < 1.29 is 8.42 Å². The van der Waals surface area contributed by atoms with Gasteiger partial charge in [0, 0.05) is 19.1 Å². The molecule has 0 aromatic carbocycles. The third-order valence-corrected chi connectivity index (χ3v) is 5.86. The molecule has 0 amide bonds. The Morgan fingerprint density at radius 2 is 2.21 bits per heavy atom. The van der Waals surface area contributed by atoms with E-state index in [2.05, 4.69) is 15.1 Å². The number of aromatic nitrogens is 2. The van der Waals surface area contributed by atoms with Gasteiger partial charge in [-0.05, 0) is 27.4 Å². The average Bonchev–Trinajstić information content (AvgIpc) is 2.95. The van der Waals surface area contributed by atoms with E-state index in [0.29, 0.717) is 24.5 Å². The van der Waals surface area contributed by atoms with E-state index in [1.165, 1.54) is 4.31 Å². The fraction of sp³-hybridized carbons (Fsp3) is 0.727. The molecule has 1 saturated heterocycles. The van der Waals surface area contributed by atoms with Crippen molar-refractivity contribution in [2.45, 2.75) is 30.2 Å². The second-order valence-electron chi connectivity index (χ2n) is 5.03. The number of hydrogen-bond donors (Lipinski definition) is 1. The number of nitrogens with zero attached hydrogens (tertiary/aromatic N) is 3. The second-order valence-corrected chi connectivity index (χ2v) is 7.17. The quantitative estimate of drug-likeness (QED) is 0.835. The summed E-state index contributed by atoms with van der Waals surface area (Å²) >= 11 is 5.76. The van der Waals surface area contributed by atoms with Crippen LogP contribution < -0.4 is 0 Å². The molecule has 1 aliphatic rings. The van der Waals surface area contributed by atoms with Crippen molar-refractivity contribution in [3.63, 3.8) is 0 Å². The Bertz CT molecular complexity index is 555. The Morgan fingerprint density at radius 3 is 2.74 bits per heavy atom. The molecule has 1 N–H and O–H groups in total. The summed E-state index contributed by atoms with van der Waals surface area (Å²) in [5.74, 6) is 0.0872. The van der Waals surface area contributed by atoms with Gasteiger partial charge in [0.2, 0.25) is 10.0 Å². The molecule has 0 spiro atoms. The van der Waals surface area contributed by atoms with E-state index in [9.17, 15) is 8.42 Å². The van der Waals surface area contributed by atoms with Crippen LogP contribution in [0.4, 0.5) is 0 Å². The minimum Gasteiger partial charge on any atom is -0.305 e. The molecular weight excluding hydrogens is 288 g/mol. The smallest absolute Gasteiger partial charge is 0.246 e. The van der Waals surface area contributed by atoms with E-state index in [4.69, 9.17) is 11.6 Å². The molecule has 1 unspecified atom stereocenters. The maximum Gasteiger partial charge on any atom is 0.246 e. The molecule has 0 radical (unpaired) electrons. The van der Waals surface area contributed by atoms with Crippen LogP contribution in [0.2, 0.25) is 0 Å². The second kappa shape index (κ2) is 5.40. The summed E-state index contributed by atoms with van der Waals surface area (Å²) in [6.07, 6.45) is 0.847. The van der Waals surface area contributed by atoms with Crippen molar-refractivity contribution >= 4 is 21.6 Å². The Hall–Kier alpha value is -0.630. The van der Waals surface area contributed by atoms with Crippen LogP contribution in [0.3, 0.4) is 0 Å². The molecule has 1 aromatic heterocycles. The van der Waals surface area contributed by atoms with Gasteiger partial charge < -0.3 is 4.90 Å². The Kier molecular flexibility index (Phi) is 4.20. The maximum absolute atomic E-state index is 12.7. The van der Waals surface area contributed by atoms with Crippen molar-refractivity contribution in [1.29, 1.82) is 0 Å². The minimum atomic E-state index is -3.51. The molecule has 0 saturated carbocycles. The molecular formula is C11H19ClN4O2S. The predicted octanol–water partition coefficient (Wildman–Crippen LogP) is 0.782. The lowest BCUT2D eigenvalue weighted by atomic mass is 10.2. The highest BCUT2D eigenvalue weighted by Gasteiger charge is 2.36. The highest BCUT2D eigenvalue weighted by atomic mass is 35.5. The van der Waals surface area contributed by atoms with Crippen molar-refractivity contribution in [2.75, 3.05) is 27.2 Å². The van der Waals surface area contributed by atoms with E-state index in [-0.39, 0.29) is 16.8 Å². The number of halogens is 1. The van der Waals surface area contributed by atoms with Gasteiger partial charge in [-0.1, -0.05) is 0 Å². The maximum atomic E-state index is 12.7. The molecule has 0 aliphatic carbocycles. The number of sulfonamides is 1. The normalized spacial score (nSPS) is 21.4. The molecule has 1 aliphatic heterocycles. The number of hydrogen-bond acceptors (Lipinski definition) is 4. The number of aromatic amines is 1. The van der Waals surface area contributed by atoms with Crippen LogP contribution in [0.1, 0.15) is 17.8 Å². The standard InChI is InChI=1S/C11H19ClN4O2S/c1-8-11(10(6-12)14-13-8)19(17,18)16-5-4-9(7-16)15(2)3/h9H,4-7H2,1-3H3,(H,13,14). The summed E-state index contributed by atoms with van der Waals surface area (Å²) in [6.45, 7) is 2.76. The largest absolute Gasteiger partial charge is 0.305 e. The van der Waals surface area contributed by atoms with Gasteiger partial charge in [-0.25, -0.2) is 8.42 Å². The molecule has 1 atom stereocenters. The zero-order valence-electron chi connectivity index (χ0n) is 11.4. The van der Waals surface area contributed by atoms with Crippen molar-refractivity contribution in [3.05, 3.63) is 11.4 Å². The van der Waals surface area contributed by atoms with Crippen LogP contribution in [0.5, 0.6) is 0 Å². The van der Waals surface area contributed by atoms with Crippen LogP contribution in [0.15, 0.2) is 4.90 Å². The molecule has 8 heteroatoms. The van der Waals surface area contributed by atoms with E-state index in [1.807, 2.05) is 14.1 Å². The average molecular weight is 307 g/mol. The Morgan fingerprint density at radius 1 is 1.53 bits per heavy atom. The van der Waals surface area contributed by atoms with Gasteiger partial charge in [0.1, 0.15) is 4.90 Å². The Balaban J connectivity index is 2.31. The van der Waals surface area contributed by atoms with Gasteiger partial charge in [0.15, 0.2) is 0 Å². The first-order valence-corrected chi connectivity index (χ1v) is 8.11. The first-order chi connectivity index (χ1) is 8.87. The third kappa shape index (κ3) is 2.65. The van der Waals surface area contributed by atoms with Crippen LogP contribution in [0, 0.1) is 6.92 Å². The molecule has 6 nitrogen and oxygen atoms in total. The molecule has 19 heavy (non-hydrogen) atoms. The molecule has 108 valence electrons. The van der Waals surface area contributed by atoms with Crippen molar-refractivity contribution in [2.24, 2.45) is 0 Å². The van der Waals surface area contributed by atoms with Crippen molar-refractivity contribution in [1.82, 2.24) is 19.4 Å². The van der Waals surface area contributed by atoms with E-state index in [0.717, 1.165) is 6.42 Å². The van der Waals surface area contributed by atoms with Gasteiger partial charge in [-0.2, -0.15) is 9.40 Å². The monoisotopic (exact) mass is 306 g/mol. The fourth-order valence-corrected chi connectivity index (χ4v) is 4.47. The highest BCUT2D eigenvalue weighted by molar-refractivity contribution is 7.89. The number of alkyl halides is 1. The first-order valence-electron chi connectivity index (χ1n) is 6.14. The van der Waals surface area contributed by atoms with Crippen LogP contribution >= 0.6 is 11.6 Å². The first kappa shape index (κ1) is 14.8. The summed E-state index contributed by atoms with van der Waals surface area (Å²) in [7, 11) is 0.426. The summed E-state index contributed by atoms with van der Waals surface area (Å²) in [4.78, 5) is 2.29. The molecule has 2 rings (SSSR count). The Labute approximate surface area is 118 Å².